The quantitative estimate of drug-likeness (QED) is 0.298. The van der Waals surface area contributed by atoms with Crippen LogP contribution < -0.4 is 9.64 Å². The van der Waals surface area contributed by atoms with E-state index in [1.54, 1.807) is 18.5 Å². The number of nitrogens with zero attached hydrogens (tertiary/aromatic N) is 8. The van der Waals surface area contributed by atoms with Gasteiger partial charge >= 0.3 is 6.61 Å². The van der Waals surface area contributed by atoms with Crippen LogP contribution in [-0.2, 0) is 11.3 Å². The first-order valence-corrected chi connectivity index (χ1v) is 14.5. The lowest BCUT2D eigenvalue weighted by molar-refractivity contribution is -0.0498. The molecule has 6 rings (SSSR count). The van der Waals surface area contributed by atoms with Gasteiger partial charge in [0.1, 0.15) is 23.4 Å². The summed E-state index contributed by atoms with van der Waals surface area (Å²) in [5.41, 5.74) is 2.87. The monoisotopic (exact) mass is 568 g/mol. The van der Waals surface area contributed by atoms with Crippen LogP contribution in [-0.4, -0.2) is 78.5 Å². The average molecular weight is 569 g/mol. The molecule has 0 saturated carbocycles. The summed E-state index contributed by atoms with van der Waals surface area (Å²) in [6.07, 6.45) is 3.99. The average Bonchev–Trinajstić information content (AvgIpc) is 3.67. The second-order valence-corrected chi connectivity index (χ2v) is 11.7. The second-order valence-electron chi connectivity index (χ2n) is 11.7. The highest BCUT2D eigenvalue weighted by atomic mass is 19.3. The lowest BCUT2D eigenvalue weighted by atomic mass is 9.91. The number of benzene rings is 1. The molecule has 41 heavy (non-hydrogen) atoms. The minimum Gasteiger partial charge on any atom is -0.435 e. The smallest absolute Gasteiger partial charge is 0.387 e. The van der Waals surface area contributed by atoms with Crippen molar-refractivity contribution in [2.45, 2.75) is 84.8 Å². The maximum Gasteiger partial charge on any atom is 0.387 e. The van der Waals surface area contributed by atoms with Crippen molar-refractivity contribution in [3.8, 4) is 5.75 Å². The normalized spacial score (nSPS) is 23.0. The van der Waals surface area contributed by atoms with Gasteiger partial charge in [0, 0.05) is 37.8 Å². The van der Waals surface area contributed by atoms with Gasteiger partial charge in [-0.3, -0.25) is 4.90 Å². The molecule has 2 aliphatic rings. The Kier molecular flexibility index (Phi) is 7.54. The Hall–Kier alpha value is -3.38. The van der Waals surface area contributed by atoms with Gasteiger partial charge in [0.05, 0.1) is 12.6 Å². The molecular formula is C29H38F2N8O2. The molecule has 4 atom stereocenters. The number of anilines is 1. The highest BCUT2D eigenvalue weighted by molar-refractivity contribution is 5.87. The van der Waals surface area contributed by atoms with Crippen molar-refractivity contribution in [3.05, 3.63) is 42.0 Å². The SMILES string of the molecule is Cc1nc2c(N3C[C@@H](C)N(C(c4ccc(OC(F)F)cc4)C(C)C)C[C@@H]3C)nc3nncn3c2n1C[C@@H]1CCCO1. The third-order valence-corrected chi connectivity index (χ3v) is 8.46. The maximum atomic E-state index is 12.7. The molecule has 1 unspecified atom stereocenters. The molecule has 0 spiro atoms. The molecule has 0 N–H and O–H groups in total. The van der Waals surface area contributed by atoms with Crippen molar-refractivity contribution in [2.24, 2.45) is 5.92 Å². The first-order valence-electron chi connectivity index (χ1n) is 14.5. The molecular weight excluding hydrogens is 530 g/mol. The Labute approximate surface area is 238 Å². The van der Waals surface area contributed by atoms with Gasteiger partial charge in [-0.15, -0.1) is 10.2 Å². The van der Waals surface area contributed by atoms with Crippen molar-refractivity contribution in [1.29, 1.82) is 0 Å². The van der Waals surface area contributed by atoms with E-state index in [0.717, 1.165) is 67.5 Å². The number of fused-ring (bicyclic) bond motifs is 3. The van der Waals surface area contributed by atoms with Gasteiger partial charge in [0.25, 0.3) is 5.78 Å². The summed E-state index contributed by atoms with van der Waals surface area (Å²) in [7, 11) is 0. The summed E-state index contributed by atoms with van der Waals surface area (Å²) in [6, 6.07) is 7.51. The summed E-state index contributed by atoms with van der Waals surface area (Å²) < 4.78 is 40.0. The molecule has 2 fully saturated rings. The fourth-order valence-corrected chi connectivity index (χ4v) is 6.60. The van der Waals surface area contributed by atoms with E-state index in [0.29, 0.717) is 11.7 Å². The van der Waals surface area contributed by atoms with Crippen molar-refractivity contribution < 1.29 is 18.3 Å². The van der Waals surface area contributed by atoms with Gasteiger partial charge in [0.15, 0.2) is 11.5 Å². The predicted molar refractivity (Wildman–Crippen MR) is 151 cm³/mol. The lowest BCUT2D eigenvalue weighted by Crippen LogP contribution is -2.58. The fraction of sp³-hybridized carbons (Fsp3) is 0.586. The molecule has 220 valence electrons. The summed E-state index contributed by atoms with van der Waals surface area (Å²) in [6.45, 7) is 11.1. The van der Waals surface area contributed by atoms with Gasteiger partial charge in [0.2, 0.25) is 0 Å². The number of aryl methyl sites for hydroxylation is 1. The number of hydrogen-bond acceptors (Lipinski definition) is 8. The fourth-order valence-electron chi connectivity index (χ4n) is 6.60. The number of halogens is 2. The van der Waals surface area contributed by atoms with Gasteiger partial charge in [-0.2, -0.15) is 13.8 Å². The molecule has 5 heterocycles. The molecule has 2 saturated heterocycles. The molecule has 0 radical (unpaired) electrons. The van der Waals surface area contributed by atoms with Crippen LogP contribution in [0.15, 0.2) is 30.6 Å². The van der Waals surface area contributed by atoms with E-state index in [1.807, 2.05) is 23.5 Å². The number of ether oxygens (including phenoxy) is 2. The predicted octanol–water partition coefficient (Wildman–Crippen LogP) is 4.86. The summed E-state index contributed by atoms with van der Waals surface area (Å²) >= 11 is 0. The Morgan fingerprint density at radius 1 is 1.07 bits per heavy atom. The molecule has 0 aliphatic carbocycles. The van der Waals surface area contributed by atoms with Gasteiger partial charge in [-0.1, -0.05) is 26.0 Å². The molecule has 0 amide bonds. The largest absolute Gasteiger partial charge is 0.435 e. The highest BCUT2D eigenvalue weighted by Gasteiger charge is 2.37. The first kappa shape index (κ1) is 27.8. The summed E-state index contributed by atoms with van der Waals surface area (Å²) in [5, 5.41) is 8.48. The topological polar surface area (TPSA) is 85.8 Å². The molecule has 2 aliphatic heterocycles. The minimum atomic E-state index is -2.83. The van der Waals surface area contributed by atoms with Crippen LogP contribution >= 0.6 is 0 Å². The minimum absolute atomic E-state index is 0.120. The molecule has 1 aromatic carbocycles. The van der Waals surface area contributed by atoms with Crippen LogP contribution in [0.5, 0.6) is 5.75 Å². The Balaban J connectivity index is 1.32. The Morgan fingerprint density at radius 3 is 2.54 bits per heavy atom. The lowest BCUT2D eigenvalue weighted by Gasteiger charge is -2.49. The van der Waals surface area contributed by atoms with Crippen LogP contribution in [0.25, 0.3) is 16.9 Å². The number of alkyl halides is 2. The zero-order chi connectivity index (χ0) is 28.8. The van der Waals surface area contributed by atoms with Crippen LogP contribution in [0.1, 0.15) is 58.0 Å². The zero-order valence-electron chi connectivity index (χ0n) is 24.2. The van der Waals surface area contributed by atoms with Crippen molar-refractivity contribution in [3.63, 3.8) is 0 Å². The third-order valence-electron chi connectivity index (χ3n) is 8.46. The van der Waals surface area contributed by atoms with E-state index >= 15 is 0 Å². The van der Waals surface area contributed by atoms with E-state index in [1.165, 1.54) is 0 Å². The maximum absolute atomic E-state index is 12.7. The molecule has 0 bridgehead atoms. The number of aromatic nitrogens is 6. The highest BCUT2D eigenvalue weighted by Crippen LogP contribution is 2.37. The summed E-state index contributed by atoms with van der Waals surface area (Å²) in [5.74, 6) is 2.77. The van der Waals surface area contributed by atoms with Crippen LogP contribution in [0.2, 0.25) is 0 Å². The van der Waals surface area contributed by atoms with E-state index in [4.69, 9.17) is 14.7 Å². The molecule has 3 aromatic heterocycles. The Bertz CT molecular complexity index is 1500. The van der Waals surface area contributed by atoms with Gasteiger partial charge < -0.3 is 18.9 Å². The zero-order valence-corrected chi connectivity index (χ0v) is 24.2. The van der Waals surface area contributed by atoms with E-state index in [2.05, 4.69) is 57.0 Å². The van der Waals surface area contributed by atoms with Crippen LogP contribution in [0.3, 0.4) is 0 Å². The third kappa shape index (κ3) is 5.23. The number of rotatable bonds is 8. The summed E-state index contributed by atoms with van der Waals surface area (Å²) in [4.78, 5) is 14.9. The second kappa shape index (κ2) is 11.1. The van der Waals surface area contributed by atoms with Gasteiger partial charge in [-0.05, 0) is 57.2 Å². The van der Waals surface area contributed by atoms with Crippen LogP contribution in [0.4, 0.5) is 14.6 Å². The number of imidazole rings is 1. The van der Waals surface area contributed by atoms with Crippen LogP contribution in [0, 0.1) is 12.8 Å². The molecule has 4 aromatic rings. The van der Waals surface area contributed by atoms with E-state index < -0.39 is 6.61 Å². The Morgan fingerprint density at radius 2 is 1.85 bits per heavy atom. The standard InChI is InChI=1S/C29H38F2N8O2/c1-17(2)25(21-8-10-22(11-9-21)41-28(30)31)36-13-19(4)37(14-18(36)3)26-24-27(39-16-32-35-29(39)34-26)38(20(5)33-24)15-23-7-6-12-40-23/h8-11,16-19,23,25,28H,6-7,12-15H2,1-5H3/t18-,19+,23+,25?/m1/s1. The molecule has 10 nitrogen and oxygen atoms in total. The van der Waals surface area contributed by atoms with Crippen molar-refractivity contribution >= 4 is 22.8 Å². The first-order chi connectivity index (χ1) is 19.7. The number of piperazine rings is 1. The van der Waals surface area contributed by atoms with Gasteiger partial charge in [-0.25, -0.2) is 9.38 Å². The molecule has 12 heteroatoms. The van der Waals surface area contributed by atoms with E-state index in [9.17, 15) is 8.78 Å². The van der Waals surface area contributed by atoms with E-state index in [-0.39, 0.29) is 30.0 Å². The van der Waals surface area contributed by atoms with Crippen molar-refractivity contribution in [2.75, 3.05) is 24.6 Å². The van der Waals surface area contributed by atoms with Crippen molar-refractivity contribution in [1.82, 2.24) is 34.0 Å². The number of hydrogen-bond donors (Lipinski definition) is 0.